The highest BCUT2D eigenvalue weighted by Gasteiger charge is 2.24. The van der Waals surface area contributed by atoms with Gasteiger partial charge in [-0.25, -0.2) is 29.9 Å². The smallest absolute Gasteiger partial charge is 0.164 e. The molecule has 0 N–H and O–H groups in total. The van der Waals surface area contributed by atoms with Crippen LogP contribution >= 0.6 is 0 Å². The van der Waals surface area contributed by atoms with Crippen molar-refractivity contribution in [3.8, 4) is 124 Å². The van der Waals surface area contributed by atoms with E-state index in [9.17, 15) is 0 Å². The van der Waals surface area contributed by atoms with Gasteiger partial charge in [0, 0.05) is 83.9 Å². The minimum absolute atomic E-state index is 0.571. The molecule has 0 spiro atoms. The Morgan fingerprint density at radius 2 is 0.600 bits per heavy atom. The molecule has 0 bridgehead atoms. The summed E-state index contributed by atoms with van der Waals surface area (Å²) in [5.41, 5.74) is 24.5. The molecule has 11 aromatic carbocycles. The first-order chi connectivity index (χ1) is 49.6. The monoisotopic (exact) mass is 1280 g/mol. The van der Waals surface area contributed by atoms with Crippen LogP contribution < -0.4 is 0 Å². The molecule has 19 rings (SSSR count). The third-order valence-corrected chi connectivity index (χ3v) is 19.1. The van der Waals surface area contributed by atoms with Crippen LogP contribution in [-0.4, -0.2) is 49.0 Å². The van der Waals surface area contributed by atoms with Crippen LogP contribution in [0.2, 0.25) is 0 Å². The van der Waals surface area contributed by atoms with Crippen molar-refractivity contribution in [3.05, 3.63) is 340 Å². The highest BCUT2D eigenvalue weighted by molar-refractivity contribution is 6.24. The van der Waals surface area contributed by atoms with Crippen molar-refractivity contribution in [2.24, 2.45) is 0 Å². The molecular formula is C90H56N10. The largest absolute Gasteiger partial charge is 0.308 e. The van der Waals surface area contributed by atoms with E-state index in [2.05, 4.69) is 292 Å². The van der Waals surface area contributed by atoms with Gasteiger partial charge in [0.05, 0.1) is 67.3 Å². The minimum atomic E-state index is 0.571. The van der Waals surface area contributed by atoms with Crippen molar-refractivity contribution < 1.29 is 0 Å². The van der Waals surface area contributed by atoms with Gasteiger partial charge in [-0.05, 0) is 124 Å². The topological polar surface area (TPSA) is 113 Å². The van der Waals surface area contributed by atoms with Crippen molar-refractivity contribution in [2.45, 2.75) is 0 Å². The molecule has 10 heteroatoms. The molecule has 8 aromatic heterocycles. The first-order valence-corrected chi connectivity index (χ1v) is 33.5. The van der Waals surface area contributed by atoms with Crippen LogP contribution in [0.4, 0.5) is 0 Å². The molecule has 466 valence electrons. The van der Waals surface area contributed by atoms with Gasteiger partial charge in [0.15, 0.2) is 17.5 Å². The fourth-order valence-electron chi connectivity index (χ4n) is 14.4. The number of hydrogen-bond acceptors (Lipinski definition) is 8. The molecule has 100 heavy (non-hydrogen) atoms. The fourth-order valence-corrected chi connectivity index (χ4v) is 14.4. The molecule has 0 saturated heterocycles. The van der Waals surface area contributed by atoms with Gasteiger partial charge in [-0.1, -0.05) is 237 Å². The zero-order valence-corrected chi connectivity index (χ0v) is 53.8. The summed E-state index contributed by atoms with van der Waals surface area (Å²) in [5.74, 6) is 1.74. The predicted octanol–water partition coefficient (Wildman–Crippen LogP) is 22.0. The van der Waals surface area contributed by atoms with Gasteiger partial charge in [-0.15, -0.1) is 0 Å². The molecule has 0 aliphatic rings. The van der Waals surface area contributed by atoms with Crippen molar-refractivity contribution in [2.75, 3.05) is 0 Å². The van der Waals surface area contributed by atoms with E-state index in [1.165, 1.54) is 0 Å². The van der Waals surface area contributed by atoms with Crippen LogP contribution in [0.1, 0.15) is 0 Å². The normalized spacial score (nSPS) is 11.6. The molecule has 0 saturated carbocycles. The van der Waals surface area contributed by atoms with E-state index in [1.54, 1.807) is 12.4 Å². The van der Waals surface area contributed by atoms with Gasteiger partial charge < -0.3 is 9.13 Å². The summed E-state index contributed by atoms with van der Waals surface area (Å²) in [4.78, 5) is 40.9. The van der Waals surface area contributed by atoms with Crippen LogP contribution in [0.5, 0.6) is 0 Å². The Bertz CT molecular complexity index is 6300. The number of aromatic nitrogens is 10. The van der Waals surface area contributed by atoms with E-state index in [0.717, 1.165) is 172 Å². The van der Waals surface area contributed by atoms with E-state index >= 15 is 0 Å². The molecule has 0 atom stereocenters. The first-order valence-electron chi connectivity index (χ1n) is 33.5. The number of benzene rings is 11. The van der Waals surface area contributed by atoms with E-state index in [-0.39, 0.29) is 0 Å². The number of nitrogens with zero attached hydrogens (tertiary/aromatic N) is 10. The maximum atomic E-state index is 5.50. The van der Waals surface area contributed by atoms with E-state index in [1.807, 2.05) is 54.6 Å². The summed E-state index contributed by atoms with van der Waals surface area (Å²) in [7, 11) is 0. The molecular weight excluding hydrogens is 1220 g/mol. The predicted molar refractivity (Wildman–Crippen MR) is 407 cm³/mol. The quantitative estimate of drug-likeness (QED) is 0.119. The molecule has 0 unspecified atom stereocenters. The zero-order valence-electron chi connectivity index (χ0n) is 53.8. The van der Waals surface area contributed by atoms with Crippen molar-refractivity contribution in [1.82, 2.24) is 49.0 Å². The molecule has 0 radical (unpaired) electrons. The Balaban J connectivity index is 0.663. The molecule has 0 amide bonds. The average molecular weight is 1280 g/mol. The number of hydrogen-bond donors (Lipinski definition) is 0. The third kappa shape index (κ3) is 10.1. The van der Waals surface area contributed by atoms with E-state index in [0.29, 0.717) is 17.5 Å². The highest BCUT2D eigenvalue weighted by atomic mass is 15.0. The average Bonchev–Trinajstić information content (AvgIpc) is 1.57. The summed E-state index contributed by atoms with van der Waals surface area (Å²) in [6, 6.07) is 115. The summed E-state index contributed by atoms with van der Waals surface area (Å²) < 4.78 is 4.79. The summed E-state index contributed by atoms with van der Waals surface area (Å²) >= 11 is 0. The van der Waals surface area contributed by atoms with Gasteiger partial charge in [0.1, 0.15) is 0 Å². The summed E-state index contributed by atoms with van der Waals surface area (Å²) in [5, 5.41) is 6.61. The summed E-state index contributed by atoms with van der Waals surface area (Å²) in [6.07, 6.45) is 3.60. The second-order valence-electron chi connectivity index (χ2n) is 25.0. The maximum Gasteiger partial charge on any atom is 0.164 e. The Morgan fingerprint density at radius 3 is 1.14 bits per heavy atom. The first kappa shape index (κ1) is 57.7. The van der Waals surface area contributed by atoms with Crippen LogP contribution in [-0.2, 0) is 0 Å². The van der Waals surface area contributed by atoms with E-state index < -0.39 is 0 Å². The van der Waals surface area contributed by atoms with Crippen molar-refractivity contribution in [3.63, 3.8) is 0 Å². The van der Waals surface area contributed by atoms with E-state index in [4.69, 9.17) is 29.9 Å². The fraction of sp³-hybridized carbons (Fsp3) is 0. The van der Waals surface area contributed by atoms with Crippen LogP contribution in [0, 0.1) is 0 Å². The number of rotatable bonds is 12. The molecule has 0 fully saturated rings. The molecule has 10 nitrogen and oxygen atoms in total. The Labute approximate surface area is 575 Å². The third-order valence-electron chi connectivity index (χ3n) is 19.1. The number of fused-ring (bicyclic) bond motifs is 10. The molecule has 0 aliphatic carbocycles. The van der Waals surface area contributed by atoms with Crippen molar-refractivity contribution >= 4 is 65.4 Å². The highest BCUT2D eigenvalue weighted by Crippen LogP contribution is 2.45. The Kier molecular flexibility index (Phi) is 14.0. The second-order valence-corrected chi connectivity index (χ2v) is 25.0. The second kappa shape index (κ2) is 24.2. The maximum absolute atomic E-state index is 5.50. The standard InChI is InChI=1S/C90H56N10/c1-3-21-61(22-4-1)84-82-73-32-10-14-38-81(73)100(87(82)71-30-8-12-34-75(71)94-84)69-28-20-27-66(54-69)90-97-88(63-23-5-2-6-24-63)96-89(98-90)65-26-19-25-64(53-65)59-43-45-62(46-44-59)85-83-72-31-9-13-37-80(72)99(86(83)70-29-7-11-33-74(70)95-85)68-49-47-58(48-50-68)57-39-41-60(42-40-57)67-55-78(76-35-15-17-51-91-76)93-79(56-67)77-36-16-18-52-92-77/h1-56H. The molecule has 0 aliphatic heterocycles. The van der Waals surface area contributed by atoms with Crippen molar-refractivity contribution in [1.29, 1.82) is 0 Å². The van der Waals surface area contributed by atoms with Crippen LogP contribution in [0.3, 0.4) is 0 Å². The Hall–Kier alpha value is -13.7. The SMILES string of the molecule is c1ccc(-c2nc(-c3cccc(-c4ccc(-c5nc6ccccc6c6c5c5ccccc5n6-c5ccc(-c6ccc(-c7cc(-c8ccccn8)nc(-c8ccccn8)c7)cc6)cc5)cc4)c3)nc(-c3cccc(-n4c5ccccc5c5c(-c6ccccc6)nc6ccccc6c54)c3)n2)cc1. The van der Waals surface area contributed by atoms with Crippen LogP contribution in [0.15, 0.2) is 340 Å². The number of pyridine rings is 5. The lowest BCUT2D eigenvalue weighted by atomic mass is 9.98. The molecule has 8 heterocycles. The lowest BCUT2D eigenvalue weighted by Crippen LogP contribution is -2.01. The zero-order chi connectivity index (χ0) is 66.0. The van der Waals surface area contributed by atoms with Gasteiger partial charge >= 0.3 is 0 Å². The van der Waals surface area contributed by atoms with Gasteiger partial charge in [0.2, 0.25) is 0 Å². The Morgan fingerprint density at radius 1 is 0.210 bits per heavy atom. The molecule has 19 aromatic rings. The lowest BCUT2D eigenvalue weighted by Gasteiger charge is -2.14. The minimum Gasteiger partial charge on any atom is -0.308 e. The van der Waals surface area contributed by atoms with Crippen LogP contribution in [0.25, 0.3) is 190 Å². The van der Waals surface area contributed by atoms with Gasteiger partial charge in [0.25, 0.3) is 0 Å². The van der Waals surface area contributed by atoms with Gasteiger partial charge in [-0.3, -0.25) is 9.97 Å². The lowest BCUT2D eigenvalue weighted by molar-refractivity contribution is 1.07. The summed E-state index contributed by atoms with van der Waals surface area (Å²) in [6.45, 7) is 0. The number of para-hydroxylation sites is 4. The van der Waals surface area contributed by atoms with Gasteiger partial charge in [-0.2, -0.15) is 0 Å².